The van der Waals surface area contributed by atoms with Crippen molar-refractivity contribution in [2.24, 2.45) is 0 Å². The van der Waals surface area contributed by atoms with Gasteiger partial charge >= 0.3 is 0 Å². The molecule has 0 aliphatic heterocycles. The zero-order valence-electron chi connectivity index (χ0n) is 35.9. The van der Waals surface area contributed by atoms with Gasteiger partial charge in [-0.1, -0.05) is 138 Å². The minimum absolute atomic E-state index is 0.528. The van der Waals surface area contributed by atoms with Crippen LogP contribution < -0.4 is 9.80 Å². The lowest BCUT2D eigenvalue weighted by atomic mass is 9.79. The topological polar surface area (TPSA) is 6.48 Å². The van der Waals surface area contributed by atoms with Crippen LogP contribution in [0, 0.1) is 61.2 Å². The van der Waals surface area contributed by atoms with E-state index in [1.54, 1.807) is 6.92 Å². The van der Waals surface area contributed by atoms with Crippen LogP contribution in [0.1, 0.15) is 36.1 Å². The molecule has 0 N–H and O–H groups in total. The molecule has 0 aromatic heterocycles. The van der Waals surface area contributed by atoms with Crippen LogP contribution in [0.25, 0.3) is 33.4 Å². The van der Waals surface area contributed by atoms with Crippen LogP contribution in [0.2, 0.25) is 0 Å². The normalized spacial score (nSPS) is 13.0. The summed E-state index contributed by atoms with van der Waals surface area (Å²) >= 11 is 0. The summed E-state index contributed by atoms with van der Waals surface area (Å²) in [4.78, 5) is 4.61. The summed E-state index contributed by atoms with van der Waals surface area (Å²) in [5, 5.41) is 0. The monoisotopic (exact) mass is 804 g/mol. The van der Waals surface area contributed by atoms with Gasteiger partial charge in [0.15, 0.2) is 0 Å². The molecule has 0 saturated heterocycles. The van der Waals surface area contributed by atoms with E-state index in [9.17, 15) is 0 Å². The summed E-state index contributed by atoms with van der Waals surface area (Å²) in [5.74, 6) is 23.4. The Morgan fingerprint density at radius 1 is 0.349 bits per heavy atom. The standard InChI is InChI=1S/C61H44N2/c1-5-6-7-8-9-10-17-42-61(4)59-43-46(3)24-40-57(59)58-41-31-50(44-60(58)61)49-29-38-56(39-30-49)63(52-20-15-12-16-21-52)55-36-27-48(28-37-55)47-25-34-54(35-26-47)62(51-18-13-11-14-19-51)53-32-22-45(2)23-33-53/h11-16,18-41,43-44H,1-4H3. The van der Waals surface area contributed by atoms with Gasteiger partial charge in [-0.05, 0) is 187 Å². The summed E-state index contributed by atoms with van der Waals surface area (Å²) in [6, 6.07) is 69.8. The van der Waals surface area contributed by atoms with E-state index in [1.165, 1.54) is 33.4 Å². The Balaban J connectivity index is 1.00. The molecule has 298 valence electrons. The fourth-order valence-electron chi connectivity index (χ4n) is 8.45. The maximum Gasteiger partial charge on any atom is 0.0806 e. The van der Waals surface area contributed by atoms with Crippen LogP contribution in [-0.4, -0.2) is 0 Å². The largest absolute Gasteiger partial charge is 0.311 e. The van der Waals surface area contributed by atoms with E-state index in [2.05, 4.69) is 272 Å². The van der Waals surface area contributed by atoms with E-state index in [1.807, 2.05) is 0 Å². The first-order valence-corrected chi connectivity index (χ1v) is 21.2. The van der Waals surface area contributed by atoms with E-state index in [4.69, 9.17) is 0 Å². The van der Waals surface area contributed by atoms with Crippen LogP contribution in [0.3, 0.4) is 0 Å². The number of fused-ring (bicyclic) bond motifs is 3. The van der Waals surface area contributed by atoms with Crippen molar-refractivity contribution in [3.05, 3.63) is 216 Å². The van der Waals surface area contributed by atoms with Crippen LogP contribution in [0.15, 0.2) is 194 Å². The summed E-state index contributed by atoms with van der Waals surface area (Å²) in [5.41, 5.74) is 17.9. The fourth-order valence-corrected chi connectivity index (χ4v) is 8.45. The third kappa shape index (κ3) is 8.24. The molecule has 8 aromatic carbocycles. The maximum absolute atomic E-state index is 3.53. The second-order valence-electron chi connectivity index (χ2n) is 15.9. The highest BCUT2D eigenvalue weighted by molar-refractivity contribution is 5.87. The van der Waals surface area contributed by atoms with Crippen molar-refractivity contribution >= 4 is 34.1 Å². The second-order valence-corrected chi connectivity index (χ2v) is 15.9. The Morgan fingerprint density at radius 2 is 0.714 bits per heavy atom. The summed E-state index contributed by atoms with van der Waals surface area (Å²) in [6.07, 6.45) is 0. The zero-order chi connectivity index (χ0) is 43.2. The van der Waals surface area contributed by atoms with Gasteiger partial charge in [-0.15, -0.1) is 0 Å². The maximum atomic E-state index is 3.53. The molecule has 63 heavy (non-hydrogen) atoms. The van der Waals surface area contributed by atoms with Crippen LogP contribution in [0.5, 0.6) is 0 Å². The molecule has 1 aliphatic carbocycles. The summed E-state index contributed by atoms with van der Waals surface area (Å²) in [6.45, 7) is 8.22. The Bertz CT molecular complexity index is 3190. The first-order valence-electron chi connectivity index (χ1n) is 21.2. The average Bonchev–Trinajstić information content (AvgIpc) is 3.57. The molecule has 0 spiro atoms. The lowest BCUT2D eigenvalue weighted by Gasteiger charge is -2.26. The number of hydrogen-bond acceptors (Lipinski definition) is 2. The van der Waals surface area contributed by atoms with E-state index in [0.717, 1.165) is 56.4 Å². The molecule has 8 aromatic rings. The Kier molecular flexibility index (Phi) is 11.2. The number of para-hydroxylation sites is 2. The van der Waals surface area contributed by atoms with Crippen LogP contribution in [-0.2, 0) is 5.41 Å². The Morgan fingerprint density at radius 3 is 1.21 bits per heavy atom. The number of anilines is 6. The minimum atomic E-state index is -0.528. The average molecular weight is 805 g/mol. The van der Waals surface area contributed by atoms with E-state index >= 15 is 0 Å². The van der Waals surface area contributed by atoms with Crippen molar-refractivity contribution in [3.63, 3.8) is 0 Å². The van der Waals surface area contributed by atoms with Gasteiger partial charge in [-0.3, -0.25) is 0 Å². The molecule has 0 fully saturated rings. The smallest absolute Gasteiger partial charge is 0.0806 e. The molecule has 1 unspecified atom stereocenters. The number of nitrogens with zero attached hydrogens (tertiary/aromatic N) is 2. The highest BCUT2D eigenvalue weighted by atomic mass is 15.1. The van der Waals surface area contributed by atoms with E-state index in [-0.39, 0.29) is 0 Å². The number of benzene rings is 8. The zero-order valence-corrected chi connectivity index (χ0v) is 35.9. The van der Waals surface area contributed by atoms with Gasteiger partial charge in [0, 0.05) is 34.1 Å². The molecule has 0 amide bonds. The molecule has 2 heteroatoms. The van der Waals surface area contributed by atoms with E-state index < -0.39 is 5.41 Å². The molecule has 0 bridgehead atoms. The molecule has 1 aliphatic rings. The van der Waals surface area contributed by atoms with Crippen molar-refractivity contribution in [2.45, 2.75) is 33.1 Å². The molecular formula is C61H44N2. The first kappa shape index (κ1) is 40.0. The van der Waals surface area contributed by atoms with Gasteiger partial charge in [0.25, 0.3) is 0 Å². The van der Waals surface area contributed by atoms with Gasteiger partial charge in [-0.25, -0.2) is 0 Å². The van der Waals surface area contributed by atoms with Gasteiger partial charge in [0.1, 0.15) is 0 Å². The molecule has 2 nitrogen and oxygen atoms in total. The van der Waals surface area contributed by atoms with Crippen molar-refractivity contribution in [3.8, 4) is 80.7 Å². The number of rotatable bonds is 8. The van der Waals surface area contributed by atoms with Gasteiger partial charge < -0.3 is 9.80 Å². The SMILES string of the molecule is CC#CC#CC#CC#CC1(C)c2cc(C)ccc2-c2ccc(-c3ccc(N(c4ccccc4)c4ccc(-c5ccc(N(c6ccccc6)c6ccc(C)cc6)cc5)cc4)cc3)cc21. The summed E-state index contributed by atoms with van der Waals surface area (Å²) < 4.78 is 0. The first-order chi connectivity index (χ1) is 30.9. The van der Waals surface area contributed by atoms with Crippen LogP contribution >= 0.6 is 0 Å². The predicted molar refractivity (Wildman–Crippen MR) is 265 cm³/mol. The van der Waals surface area contributed by atoms with Crippen molar-refractivity contribution in [1.82, 2.24) is 0 Å². The lowest BCUT2D eigenvalue weighted by Crippen LogP contribution is -2.18. The molecule has 9 rings (SSSR count). The van der Waals surface area contributed by atoms with Crippen molar-refractivity contribution < 1.29 is 0 Å². The number of aryl methyl sites for hydroxylation is 2. The molecule has 0 radical (unpaired) electrons. The Labute approximate surface area is 372 Å². The number of hydrogen-bond donors (Lipinski definition) is 0. The van der Waals surface area contributed by atoms with Gasteiger partial charge in [0.2, 0.25) is 0 Å². The predicted octanol–water partition coefficient (Wildman–Crippen LogP) is 14.9. The van der Waals surface area contributed by atoms with Crippen molar-refractivity contribution in [2.75, 3.05) is 9.80 Å². The Hall–Kier alpha value is -8.40. The molecule has 0 heterocycles. The lowest BCUT2D eigenvalue weighted by molar-refractivity contribution is 0.778. The molecule has 1 atom stereocenters. The third-order valence-corrected chi connectivity index (χ3v) is 11.7. The minimum Gasteiger partial charge on any atom is -0.311 e. The second kappa shape index (κ2) is 17.7. The van der Waals surface area contributed by atoms with Gasteiger partial charge in [0.05, 0.1) is 5.41 Å². The van der Waals surface area contributed by atoms with Crippen LogP contribution in [0.4, 0.5) is 34.1 Å². The van der Waals surface area contributed by atoms with Crippen molar-refractivity contribution in [1.29, 1.82) is 0 Å². The highest BCUT2D eigenvalue weighted by Gasteiger charge is 2.38. The molecule has 0 saturated carbocycles. The van der Waals surface area contributed by atoms with Gasteiger partial charge in [-0.2, -0.15) is 0 Å². The fraction of sp³-hybridized carbons (Fsp3) is 0.0820. The molecular weight excluding hydrogens is 761 g/mol. The third-order valence-electron chi connectivity index (χ3n) is 11.7. The van der Waals surface area contributed by atoms with E-state index in [0.29, 0.717) is 0 Å². The summed E-state index contributed by atoms with van der Waals surface area (Å²) in [7, 11) is 0. The highest BCUT2D eigenvalue weighted by Crippen LogP contribution is 2.50. The quantitative estimate of drug-likeness (QED) is 0.141.